The van der Waals surface area contributed by atoms with Crippen LogP contribution in [0.4, 0.5) is 0 Å². The first kappa shape index (κ1) is 19.8. The first-order valence-electron chi connectivity index (χ1n) is 12.5. The molecule has 4 fully saturated rings. The maximum Gasteiger partial charge on any atom is 0.166 e. The number of benzene rings is 1. The average Bonchev–Trinajstić information content (AvgIpc) is 3.06. The Morgan fingerprint density at radius 3 is 2.48 bits per heavy atom. The lowest BCUT2D eigenvalue weighted by Crippen LogP contribution is -2.49. The van der Waals surface area contributed by atoms with Gasteiger partial charge in [-0.2, -0.15) is 0 Å². The largest absolute Gasteiger partial charge is 0.294 e. The lowest BCUT2D eigenvalue weighted by Gasteiger charge is -2.56. The van der Waals surface area contributed by atoms with Crippen LogP contribution < -0.4 is 0 Å². The van der Waals surface area contributed by atoms with Gasteiger partial charge < -0.3 is 0 Å². The second-order valence-electron chi connectivity index (χ2n) is 11.7. The van der Waals surface area contributed by atoms with Crippen LogP contribution in [0.1, 0.15) is 93.1 Å². The molecule has 4 aliphatic carbocycles. The standard InChI is InChI=1S/C28H40O/c1-17-5-9-22-20(15-17)8-10-24-23(22)13-14-28(4)25(24)11-12-26(28)27(29)21-7-6-18(2)19(3)16-21/h6-7,16-17,20,22-26H,5,8-15H2,1-4H3. The number of Topliss-reactive ketones (excluding diaryl/α,β-unsaturated/α-hetero) is 1. The zero-order valence-corrected chi connectivity index (χ0v) is 19.0. The second-order valence-corrected chi connectivity index (χ2v) is 11.7. The molecule has 158 valence electrons. The first-order valence-corrected chi connectivity index (χ1v) is 12.5. The van der Waals surface area contributed by atoms with E-state index in [1.165, 1.54) is 62.5 Å². The number of hydrogen-bond donors (Lipinski definition) is 0. The highest BCUT2D eigenvalue weighted by atomic mass is 16.1. The zero-order chi connectivity index (χ0) is 20.3. The van der Waals surface area contributed by atoms with Crippen molar-refractivity contribution < 1.29 is 4.79 Å². The SMILES string of the molecule is Cc1ccc(C(=O)C2CCC3C4CCC5CC(C)CCC5C4CCC23C)cc1C. The highest BCUT2D eigenvalue weighted by Crippen LogP contribution is 2.64. The van der Waals surface area contributed by atoms with Crippen LogP contribution in [-0.2, 0) is 0 Å². The molecule has 1 nitrogen and oxygen atoms in total. The van der Waals surface area contributed by atoms with Gasteiger partial charge in [0, 0.05) is 11.5 Å². The summed E-state index contributed by atoms with van der Waals surface area (Å²) >= 11 is 0. The smallest absolute Gasteiger partial charge is 0.166 e. The van der Waals surface area contributed by atoms with Crippen LogP contribution in [0.5, 0.6) is 0 Å². The number of fused-ring (bicyclic) bond motifs is 5. The molecule has 0 radical (unpaired) electrons. The van der Waals surface area contributed by atoms with E-state index in [1.807, 2.05) is 0 Å². The Labute approximate surface area is 178 Å². The monoisotopic (exact) mass is 392 g/mol. The fourth-order valence-electron chi connectivity index (χ4n) is 8.61. The van der Waals surface area contributed by atoms with Crippen LogP contribution >= 0.6 is 0 Å². The molecule has 1 aromatic carbocycles. The fraction of sp³-hybridized carbons (Fsp3) is 0.750. The Morgan fingerprint density at radius 2 is 1.69 bits per heavy atom. The van der Waals surface area contributed by atoms with Crippen LogP contribution in [0.25, 0.3) is 0 Å². The van der Waals surface area contributed by atoms with Crippen molar-refractivity contribution in [1.82, 2.24) is 0 Å². The Hall–Kier alpha value is -1.11. The second kappa shape index (κ2) is 7.24. The van der Waals surface area contributed by atoms with E-state index in [0.29, 0.717) is 5.78 Å². The number of rotatable bonds is 2. The molecule has 0 heterocycles. The Kier molecular flexibility index (Phi) is 4.95. The molecule has 0 amide bonds. The molecule has 1 aromatic rings. The molecule has 4 aliphatic rings. The molecule has 8 atom stereocenters. The van der Waals surface area contributed by atoms with Gasteiger partial charge in [-0.3, -0.25) is 4.79 Å². The lowest BCUT2D eigenvalue weighted by atomic mass is 9.49. The quantitative estimate of drug-likeness (QED) is 0.479. The van der Waals surface area contributed by atoms with E-state index < -0.39 is 0 Å². The van der Waals surface area contributed by atoms with Gasteiger partial charge in [-0.05, 0) is 123 Å². The minimum atomic E-state index is 0.242. The summed E-state index contributed by atoms with van der Waals surface area (Å²) < 4.78 is 0. The van der Waals surface area contributed by atoms with Gasteiger partial charge in [0.25, 0.3) is 0 Å². The van der Waals surface area contributed by atoms with Crippen molar-refractivity contribution in [3.63, 3.8) is 0 Å². The van der Waals surface area contributed by atoms with E-state index in [2.05, 4.69) is 45.9 Å². The Balaban J connectivity index is 1.37. The topological polar surface area (TPSA) is 17.1 Å². The van der Waals surface area contributed by atoms with Crippen molar-refractivity contribution in [1.29, 1.82) is 0 Å². The van der Waals surface area contributed by atoms with Gasteiger partial charge in [0.1, 0.15) is 0 Å². The van der Waals surface area contributed by atoms with Gasteiger partial charge in [0.2, 0.25) is 0 Å². The van der Waals surface area contributed by atoms with Gasteiger partial charge in [0.15, 0.2) is 5.78 Å². The van der Waals surface area contributed by atoms with E-state index in [4.69, 9.17) is 0 Å². The molecule has 0 spiro atoms. The molecular weight excluding hydrogens is 352 g/mol. The maximum atomic E-state index is 13.6. The van der Waals surface area contributed by atoms with Crippen molar-refractivity contribution in [3.8, 4) is 0 Å². The highest BCUT2D eigenvalue weighted by molar-refractivity contribution is 5.98. The summed E-state index contributed by atoms with van der Waals surface area (Å²) in [5.74, 6) is 6.32. The van der Waals surface area contributed by atoms with Gasteiger partial charge in [0.05, 0.1) is 0 Å². The van der Waals surface area contributed by atoms with Crippen molar-refractivity contribution in [3.05, 3.63) is 34.9 Å². The third kappa shape index (κ3) is 3.14. The molecular formula is C28H40O. The molecule has 5 rings (SSSR count). The molecule has 8 unspecified atom stereocenters. The van der Waals surface area contributed by atoms with Crippen LogP contribution in [0.15, 0.2) is 18.2 Å². The summed E-state index contributed by atoms with van der Waals surface area (Å²) in [7, 11) is 0. The molecule has 0 saturated heterocycles. The predicted octanol–water partition coefficient (Wildman–Crippen LogP) is 7.39. The van der Waals surface area contributed by atoms with Crippen LogP contribution in [0.3, 0.4) is 0 Å². The van der Waals surface area contributed by atoms with E-state index in [1.54, 1.807) is 0 Å². The van der Waals surface area contributed by atoms with E-state index in [0.717, 1.165) is 47.5 Å². The van der Waals surface area contributed by atoms with E-state index in [-0.39, 0.29) is 11.3 Å². The summed E-state index contributed by atoms with van der Waals surface area (Å²) in [6.07, 6.45) is 12.5. The Bertz CT molecular complexity index is 794. The van der Waals surface area contributed by atoms with Crippen LogP contribution in [0.2, 0.25) is 0 Å². The molecule has 29 heavy (non-hydrogen) atoms. The van der Waals surface area contributed by atoms with Gasteiger partial charge >= 0.3 is 0 Å². The number of ketones is 1. The fourth-order valence-corrected chi connectivity index (χ4v) is 8.61. The first-order chi connectivity index (χ1) is 13.9. The summed E-state index contributed by atoms with van der Waals surface area (Å²) in [6, 6.07) is 6.37. The van der Waals surface area contributed by atoms with Crippen molar-refractivity contribution in [2.24, 2.45) is 46.8 Å². The molecule has 0 aliphatic heterocycles. The van der Waals surface area contributed by atoms with Crippen molar-refractivity contribution in [2.75, 3.05) is 0 Å². The predicted molar refractivity (Wildman–Crippen MR) is 120 cm³/mol. The van der Waals surface area contributed by atoms with Gasteiger partial charge in [-0.1, -0.05) is 32.4 Å². The molecule has 0 aromatic heterocycles. The number of hydrogen-bond acceptors (Lipinski definition) is 1. The van der Waals surface area contributed by atoms with Crippen LogP contribution in [-0.4, -0.2) is 5.78 Å². The van der Waals surface area contributed by atoms with E-state index in [9.17, 15) is 4.79 Å². The minimum absolute atomic E-state index is 0.242. The molecule has 1 heteroatoms. The van der Waals surface area contributed by atoms with Crippen LogP contribution in [0, 0.1) is 60.7 Å². The molecule has 0 N–H and O–H groups in total. The third-order valence-corrected chi connectivity index (χ3v) is 10.3. The summed E-state index contributed by atoms with van der Waals surface area (Å²) in [4.78, 5) is 13.6. The van der Waals surface area contributed by atoms with Crippen molar-refractivity contribution in [2.45, 2.75) is 85.5 Å². The normalized spacial score (nSPS) is 43.9. The van der Waals surface area contributed by atoms with Gasteiger partial charge in [-0.15, -0.1) is 0 Å². The zero-order valence-electron chi connectivity index (χ0n) is 19.0. The minimum Gasteiger partial charge on any atom is -0.294 e. The number of aryl methyl sites for hydroxylation is 2. The Morgan fingerprint density at radius 1 is 0.897 bits per heavy atom. The summed E-state index contributed by atoms with van der Waals surface area (Å²) in [5.41, 5.74) is 3.75. The van der Waals surface area contributed by atoms with Gasteiger partial charge in [-0.25, -0.2) is 0 Å². The lowest BCUT2D eigenvalue weighted by molar-refractivity contribution is -0.0634. The molecule has 4 saturated carbocycles. The average molecular weight is 393 g/mol. The van der Waals surface area contributed by atoms with Crippen molar-refractivity contribution >= 4 is 5.78 Å². The molecule has 0 bridgehead atoms. The summed E-state index contributed by atoms with van der Waals surface area (Å²) in [6.45, 7) is 9.25. The number of carbonyl (C=O) groups is 1. The third-order valence-electron chi connectivity index (χ3n) is 10.3. The number of carbonyl (C=O) groups excluding carboxylic acids is 1. The maximum absolute atomic E-state index is 13.6. The van der Waals surface area contributed by atoms with E-state index >= 15 is 0 Å². The summed E-state index contributed by atoms with van der Waals surface area (Å²) in [5, 5.41) is 0. The highest BCUT2D eigenvalue weighted by Gasteiger charge is 2.58.